The van der Waals surface area contributed by atoms with Gasteiger partial charge in [-0.3, -0.25) is 9.59 Å². The molecule has 0 radical (unpaired) electrons. The normalized spacial score (nSPS) is 22.2. The van der Waals surface area contributed by atoms with Crippen molar-refractivity contribution >= 4 is 11.9 Å². The van der Waals surface area contributed by atoms with E-state index in [-0.39, 0.29) is 38.4 Å². The van der Waals surface area contributed by atoms with Gasteiger partial charge in [0.1, 0.15) is 13.2 Å². The highest BCUT2D eigenvalue weighted by Gasteiger charge is 2.48. The van der Waals surface area contributed by atoms with Gasteiger partial charge in [-0.2, -0.15) is 0 Å². The van der Waals surface area contributed by atoms with Crippen molar-refractivity contribution in [2.45, 2.75) is 58.3 Å². The Morgan fingerprint density at radius 3 is 1.89 bits per heavy atom. The van der Waals surface area contributed by atoms with E-state index in [0.29, 0.717) is 25.7 Å². The summed E-state index contributed by atoms with van der Waals surface area (Å²) in [7, 11) is 0. The van der Waals surface area contributed by atoms with E-state index in [1.165, 1.54) is 11.1 Å². The number of carbonyl (C=O) groups is 2. The van der Waals surface area contributed by atoms with Gasteiger partial charge in [-0.05, 0) is 72.4 Å². The van der Waals surface area contributed by atoms with Crippen LogP contribution < -0.4 is 0 Å². The molecule has 2 aliphatic carbocycles. The molecule has 0 saturated carbocycles. The average molecular weight is 625 g/mol. The van der Waals surface area contributed by atoms with Crippen LogP contribution in [0, 0.1) is 17.3 Å². The fraction of sp³-hybridized carbons (Fsp3) is 0.400. The van der Waals surface area contributed by atoms with Crippen LogP contribution in [-0.4, -0.2) is 48.6 Å². The maximum Gasteiger partial charge on any atom is 0.308 e. The summed E-state index contributed by atoms with van der Waals surface area (Å²) in [6.07, 6.45) is 17.7. The van der Waals surface area contributed by atoms with E-state index in [1.54, 1.807) is 0 Å². The van der Waals surface area contributed by atoms with Crippen molar-refractivity contribution < 1.29 is 29.3 Å². The number of hydrogen-bond donors (Lipinski definition) is 2. The highest BCUT2D eigenvalue weighted by molar-refractivity contribution is 5.82. The lowest BCUT2D eigenvalue weighted by Gasteiger charge is -2.43. The maximum absolute atomic E-state index is 13.2. The first kappa shape index (κ1) is 34.9. The van der Waals surface area contributed by atoms with Crippen molar-refractivity contribution in [2.24, 2.45) is 17.3 Å². The molecule has 0 aromatic heterocycles. The van der Waals surface area contributed by atoms with Crippen molar-refractivity contribution in [2.75, 3.05) is 26.4 Å². The minimum Gasteiger partial charge on any atom is -0.463 e. The van der Waals surface area contributed by atoms with Gasteiger partial charge < -0.3 is 19.7 Å². The zero-order valence-corrected chi connectivity index (χ0v) is 27.4. The number of rotatable bonds is 14. The van der Waals surface area contributed by atoms with Gasteiger partial charge in [0.15, 0.2) is 0 Å². The number of carbonyl (C=O) groups excluding carboxylic acids is 2. The topological polar surface area (TPSA) is 93.1 Å². The van der Waals surface area contributed by atoms with Crippen LogP contribution in [0.3, 0.4) is 0 Å². The number of hydrogen-bond acceptors (Lipinski definition) is 6. The van der Waals surface area contributed by atoms with E-state index in [4.69, 9.17) is 9.47 Å². The Labute approximate surface area is 273 Å². The molecule has 0 spiro atoms. The molecule has 4 rings (SSSR count). The number of allylic oxidation sites excluding steroid dienone is 9. The Kier molecular flexibility index (Phi) is 12.1. The fourth-order valence-electron chi connectivity index (χ4n) is 7.49. The van der Waals surface area contributed by atoms with Crippen LogP contribution in [0.5, 0.6) is 0 Å². The third-order valence-electron chi connectivity index (χ3n) is 9.56. The van der Waals surface area contributed by atoms with Crippen LogP contribution >= 0.6 is 0 Å². The molecule has 2 N–H and O–H groups in total. The van der Waals surface area contributed by atoms with Gasteiger partial charge in [-0.25, -0.2) is 0 Å². The molecule has 0 heterocycles. The minimum absolute atomic E-state index is 0.0330. The predicted octanol–water partition coefficient (Wildman–Crippen LogP) is 7.42. The number of ether oxygens (including phenoxy) is 2. The van der Waals surface area contributed by atoms with Crippen molar-refractivity contribution in [3.8, 4) is 11.1 Å². The monoisotopic (exact) mass is 624 g/mol. The first-order chi connectivity index (χ1) is 22.3. The molecule has 244 valence electrons. The number of esters is 2. The Morgan fingerprint density at radius 2 is 1.37 bits per heavy atom. The van der Waals surface area contributed by atoms with E-state index in [1.807, 2.05) is 26.8 Å². The number of aliphatic hydroxyl groups is 2. The van der Waals surface area contributed by atoms with Crippen LogP contribution in [0.2, 0.25) is 0 Å². The molecule has 0 bridgehead atoms. The Bertz CT molecular complexity index is 1470. The summed E-state index contributed by atoms with van der Waals surface area (Å²) >= 11 is 0. The maximum atomic E-state index is 13.2. The van der Waals surface area contributed by atoms with Crippen LogP contribution in [0.1, 0.15) is 64.0 Å². The van der Waals surface area contributed by atoms with Gasteiger partial charge in [0.2, 0.25) is 0 Å². The summed E-state index contributed by atoms with van der Waals surface area (Å²) in [5.41, 5.74) is 5.63. The second-order valence-corrected chi connectivity index (χ2v) is 12.4. The summed E-state index contributed by atoms with van der Waals surface area (Å²) in [5, 5.41) is 18.6. The highest BCUT2D eigenvalue weighted by Crippen LogP contribution is 2.57. The summed E-state index contributed by atoms with van der Waals surface area (Å²) in [6, 6.07) is 16.9. The van der Waals surface area contributed by atoms with E-state index in [9.17, 15) is 19.8 Å². The van der Waals surface area contributed by atoms with Crippen LogP contribution in [0.4, 0.5) is 0 Å². The van der Waals surface area contributed by atoms with E-state index in [2.05, 4.69) is 91.6 Å². The first-order valence-electron chi connectivity index (χ1n) is 16.4. The average Bonchev–Trinajstić information content (AvgIpc) is 3.39. The Balaban J connectivity index is 1.89. The number of benzene rings is 2. The second kappa shape index (κ2) is 16.0. The van der Waals surface area contributed by atoms with Gasteiger partial charge in [0.25, 0.3) is 0 Å². The number of fused-ring (bicyclic) bond motifs is 3. The molecule has 6 heteroatoms. The number of aliphatic hydroxyl groups excluding tert-OH is 2. The van der Waals surface area contributed by atoms with E-state index < -0.39 is 22.7 Å². The molecule has 2 aromatic carbocycles. The van der Waals surface area contributed by atoms with Gasteiger partial charge in [0, 0.05) is 10.8 Å². The molecule has 46 heavy (non-hydrogen) atoms. The highest BCUT2D eigenvalue weighted by atomic mass is 16.5. The molecule has 6 nitrogen and oxygen atoms in total. The van der Waals surface area contributed by atoms with E-state index >= 15 is 0 Å². The lowest BCUT2D eigenvalue weighted by atomic mass is 9.60. The molecule has 0 fully saturated rings. The van der Waals surface area contributed by atoms with Gasteiger partial charge >= 0.3 is 11.9 Å². The van der Waals surface area contributed by atoms with Crippen molar-refractivity contribution in [3.05, 3.63) is 120 Å². The Hall–Kier alpha value is -4.00. The zero-order valence-electron chi connectivity index (χ0n) is 27.4. The van der Waals surface area contributed by atoms with Gasteiger partial charge in [0.05, 0.1) is 25.0 Å². The van der Waals surface area contributed by atoms with Crippen molar-refractivity contribution in [3.63, 3.8) is 0 Å². The van der Waals surface area contributed by atoms with Crippen molar-refractivity contribution in [1.82, 2.24) is 0 Å². The van der Waals surface area contributed by atoms with Gasteiger partial charge in [-0.1, -0.05) is 111 Å². The largest absolute Gasteiger partial charge is 0.463 e. The fourth-order valence-corrected chi connectivity index (χ4v) is 7.49. The molecule has 0 saturated heterocycles. The van der Waals surface area contributed by atoms with Gasteiger partial charge in [-0.15, -0.1) is 0 Å². The first-order valence-corrected chi connectivity index (χ1v) is 16.4. The molecule has 0 amide bonds. The predicted molar refractivity (Wildman–Crippen MR) is 183 cm³/mol. The smallest absolute Gasteiger partial charge is 0.308 e. The molecule has 2 aromatic rings. The van der Waals surface area contributed by atoms with Crippen LogP contribution in [-0.2, 0) is 24.5 Å². The van der Waals surface area contributed by atoms with E-state index in [0.717, 1.165) is 28.7 Å². The molecule has 3 unspecified atom stereocenters. The Morgan fingerprint density at radius 1 is 0.848 bits per heavy atom. The quantitative estimate of drug-likeness (QED) is 0.213. The SMILES string of the molecule is C=C/C1=C\C=CC/C=C\C(=C/C)C1(CCC1(CC(C)C(=O)OCCO)c2ccccc2-c2ccccc21)CC(C)C(=O)OCCO. The summed E-state index contributed by atoms with van der Waals surface area (Å²) < 4.78 is 10.8. The summed E-state index contributed by atoms with van der Waals surface area (Å²) in [4.78, 5) is 26.4. The molecular formula is C40H48O6. The zero-order chi connectivity index (χ0) is 33.2. The molecule has 2 aliphatic rings. The lowest BCUT2D eigenvalue weighted by molar-refractivity contribution is -0.150. The molecule has 0 aliphatic heterocycles. The molecule has 3 atom stereocenters. The standard InChI is InChI=1S/C40H48O6/c1-5-31-15-9-7-8-10-16-32(6-2)39(31,27-29(3)37(43)45-25-23-41)21-22-40(28-30(4)38(44)46-26-24-42)35-19-13-11-17-33(35)34-18-12-14-20-36(34)40/h5-7,9-20,29-30,41-42H,1,8,21-28H2,2-4H3/b9-7?,16-10-,31-15+,32-6+. The summed E-state index contributed by atoms with van der Waals surface area (Å²) in [6.45, 7) is 9.54. The van der Waals surface area contributed by atoms with Crippen molar-refractivity contribution in [1.29, 1.82) is 0 Å². The van der Waals surface area contributed by atoms with Crippen LogP contribution in [0.15, 0.2) is 109 Å². The minimum atomic E-state index is -0.612. The lowest BCUT2D eigenvalue weighted by Crippen LogP contribution is -2.36. The van der Waals surface area contributed by atoms with Crippen LogP contribution in [0.25, 0.3) is 11.1 Å². The third-order valence-corrected chi connectivity index (χ3v) is 9.56. The molecular weight excluding hydrogens is 576 g/mol. The second-order valence-electron chi connectivity index (χ2n) is 12.4. The third kappa shape index (κ3) is 7.19. The summed E-state index contributed by atoms with van der Waals surface area (Å²) in [5.74, 6) is -1.58.